The minimum absolute atomic E-state index is 0.210. The van der Waals surface area contributed by atoms with Crippen LogP contribution in [0.1, 0.15) is 18.9 Å². The second-order valence-corrected chi connectivity index (χ2v) is 4.24. The van der Waals surface area contributed by atoms with E-state index in [1.54, 1.807) is 6.92 Å². The average Bonchev–Trinajstić information content (AvgIpc) is 2.18. The molecule has 1 aromatic rings. The van der Waals surface area contributed by atoms with Gasteiger partial charge >= 0.3 is 0 Å². The monoisotopic (exact) mass is 225 g/mol. The van der Waals surface area contributed by atoms with Crippen molar-refractivity contribution in [3.05, 3.63) is 28.8 Å². The van der Waals surface area contributed by atoms with Crippen LogP contribution in [0, 0.1) is 6.92 Å². The van der Waals surface area contributed by atoms with Crippen molar-refractivity contribution in [1.29, 1.82) is 0 Å². The van der Waals surface area contributed by atoms with Crippen LogP contribution >= 0.6 is 11.6 Å². The van der Waals surface area contributed by atoms with Crippen LogP contribution in [0.25, 0.3) is 0 Å². The van der Waals surface area contributed by atoms with E-state index >= 15 is 0 Å². The number of rotatable bonds is 4. The van der Waals surface area contributed by atoms with Crippen LogP contribution in [0.5, 0.6) is 0 Å². The lowest BCUT2D eigenvalue weighted by molar-refractivity contribution is -0.116. The highest BCUT2D eigenvalue weighted by Gasteiger charge is 2.06. The van der Waals surface area contributed by atoms with Gasteiger partial charge in [0.05, 0.1) is 0 Å². The van der Waals surface area contributed by atoms with Crippen LogP contribution in [0.15, 0.2) is 18.2 Å². The lowest BCUT2D eigenvalue weighted by Crippen LogP contribution is -2.21. The fourth-order valence-corrected chi connectivity index (χ4v) is 1.61. The molecule has 0 saturated heterocycles. The van der Waals surface area contributed by atoms with Gasteiger partial charge in [-0.25, -0.2) is 0 Å². The zero-order chi connectivity index (χ0) is 11.4. The standard InChI is InChI=1S/C12H16ClNO/c1-9-4-5-11(13)8-12(9)14(3)7-6-10(2)15/h4-5,8H,6-7H2,1-3H3. The van der Waals surface area contributed by atoms with Gasteiger partial charge in [0.1, 0.15) is 5.78 Å². The average molecular weight is 226 g/mol. The molecule has 0 aromatic heterocycles. The predicted molar refractivity (Wildman–Crippen MR) is 64.8 cm³/mol. The summed E-state index contributed by atoms with van der Waals surface area (Å²) >= 11 is 5.93. The summed E-state index contributed by atoms with van der Waals surface area (Å²) in [5.41, 5.74) is 2.26. The topological polar surface area (TPSA) is 20.3 Å². The SMILES string of the molecule is CC(=O)CCN(C)c1cc(Cl)ccc1C. The first kappa shape index (κ1) is 12.1. The molecule has 1 rings (SSSR count). The maximum absolute atomic E-state index is 10.9. The molecule has 0 fully saturated rings. The molecule has 0 N–H and O–H groups in total. The van der Waals surface area contributed by atoms with Gasteiger partial charge in [-0.05, 0) is 31.5 Å². The van der Waals surface area contributed by atoms with E-state index < -0.39 is 0 Å². The summed E-state index contributed by atoms with van der Waals surface area (Å²) < 4.78 is 0. The van der Waals surface area contributed by atoms with E-state index in [4.69, 9.17) is 11.6 Å². The molecule has 0 bridgehead atoms. The van der Waals surface area contributed by atoms with Crippen LogP contribution < -0.4 is 4.90 Å². The minimum Gasteiger partial charge on any atom is -0.374 e. The lowest BCUT2D eigenvalue weighted by Gasteiger charge is -2.21. The van der Waals surface area contributed by atoms with E-state index in [0.29, 0.717) is 6.42 Å². The molecule has 82 valence electrons. The summed E-state index contributed by atoms with van der Waals surface area (Å²) in [6.45, 7) is 4.38. The minimum atomic E-state index is 0.210. The van der Waals surface area contributed by atoms with Crippen LogP contribution in [-0.4, -0.2) is 19.4 Å². The zero-order valence-electron chi connectivity index (χ0n) is 9.38. The van der Waals surface area contributed by atoms with E-state index in [2.05, 4.69) is 4.90 Å². The Labute approximate surface area is 95.8 Å². The molecule has 0 aliphatic rings. The number of ketones is 1. The summed E-state index contributed by atoms with van der Waals surface area (Å²) in [6, 6.07) is 5.79. The molecule has 3 heteroatoms. The second-order valence-electron chi connectivity index (χ2n) is 3.80. The molecule has 0 atom stereocenters. The van der Waals surface area contributed by atoms with E-state index in [-0.39, 0.29) is 5.78 Å². The highest BCUT2D eigenvalue weighted by molar-refractivity contribution is 6.30. The number of Topliss-reactive ketones (excluding diaryl/α,β-unsaturated/α-hetero) is 1. The first-order valence-electron chi connectivity index (χ1n) is 4.97. The maximum atomic E-state index is 10.9. The fraction of sp³-hybridized carbons (Fsp3) is 0.417. The highest BCUT2D eigenvalue weighted by atomic mass is 35.5. The molecule has 2 nitrogen and oxygen atoms in total. The number of carbonyl (C=O) groups is 1. The van der Waals surface area contributed by atoms with Crippen molar-refractivity contribution in [2.45, 2.75) is 20.3 Å². The van der Waals surface area contributed by atoms with Gasteiger partial charge in [-0.15, -0.1) is 0 Å². The molecular weight excluding hydrogens is 210 g/mol. The van der Waals surface area contributed by atoms with Crippen LogP contribution in [0.2, 0.25) is 5.02 Å². The number of benzene rings is 1. The number of hydrogen-bond acceptors (Lipinski definition) is 2. The Hall–Kier alpha value is -1.02. The summed E-state index contributed by atoms with van der Waals surface area (Å²) in [4.78, 5) is 12.9. The van der Waals surface area contributed by atoms with Gasteiger partial charge in [0.15, 0.2) is 0 Å². The normalized spacial score (nSPS) is 10.1. The predicted octanol–water partition coefficient (Wildman–Crippen LogP) is 3.06. The van der Waals surface area contributed by atoms with Crippen molar-refractivity contribution < 1.29 is 4.79 Å². The van der Waals surface area contributed by atoms with Crippen LogP contribution in [0.4, 0.5) is 5.69 Å². The molecule has 0 heterocycles. The molecule has 0 radical (unpaired) electrons. The molecule has 0 saturated carbocycles. The van der Waals surface area contributed by atoms with Gasteiger partial charge in [-0.1, -0.05) is 17.7 Å². The Balaban J connectivity index is 2.76. The Bertz CT molecular complexity index is 363. The number of hydrogen-bond donors (Lipinski definition) is 0. The molecule has 0 aliphatic carbocycles. The molecule has 15 heavy (non-hydrogen) atoms. The Kier molecular flexibility index (Phi) is 4.15. The summed E-state index contributed by atoms with van der Waals surface area (Å²) in [5, 5.41) is 0.727. The van der Waals surface area contributed by atoms with E-state index in [1.165, 1.54) is 5.56 Å². The summed E-state index contributed by atoms with van der Waals surface area (Å²) in [7, 11) is 1.97. The van der Waals surface area contributed by atoms with Gasteiger partial charge in [0.2, 0.25) is 0 Å². The summed E-state index contributed by atoms with van der Waals surface area (Å²) in [6.07, 6.45) is 0.572. The number of carbonyl (C=O) groups excluding carboxylic acids is 1. The Morgan fingerprint density at radius 2 is 2.13 bits per heavy atom. The van der Waals surface area contributed by atoms with Crippen molar-refractivity contribution >= 4 is 23.1 Å². The van der Waals surface area contributed by atoms with Crippen molar-refractivity contribution in [2.24, 2.45) is 0 Å². The number of nitrogens with zero attached hydrogens (tertiary/aromatic N) is 1. The third-order valence-electron chi connectivity index (χ3n) is 2.38. The van der Waals surface area contributed by atoms with Crippen LogP contribution in [0.3, 0.4) is 0 Å². The molecule has 0 spiro atoms. The number of halogens is 1. The third-order valence-corrected chi connectivity index (χ3v) is 2.62. The maximum Gasteiger partial charge on any atom is 0.131 e. The van der Waals surface area contributed by atoms with Gasteiger partial charge in [-0.3, -0.25) is 4.79 Å². The smallest absolute Gasteiger partial charge is 0.131 e. The number of aryl methyl sites for hydroxylation is 1. The Morgan fingerprint density at radius 3 is 2.73 bits per heavy atom. The van der Waals surface area contributed by atoms with E-state index in [9.17, 15) is 4.79 Å². The highest BCUT2D eigenvalue weighted by Crippen LogP contribution is 2.23. The molecule has 0 aliphatic heterocycles. The Morgan fingerprint density at radius 1 is 1.47 bits per heavy atom. The van der Waals surface area contributed by atoms with Gasteiger partial charge in [0.25, 0.3) is 0 Å². The van der Waals surface area contributed by atoms with Crippen molar-refractivity contribution in [1.82, 2.24) is 0 Å². The third kappa shape index (κ3) is 3.56. The molecule has 0 unspecified atom stereocenters. The zero-order valence-corrected chi connectivity index (χ0v) is 10.1. The second kappa shape index (κ2) is 5.17. The van der Waals surface area contributed by atoms with Crippen molar-refractivity contribution in [2.75, 3.05) is 18.5 Å². The largest absolute Gasteiger partial charge is 0.374 e. The molecule has 1 aromatic carbocycles. The fourth-order valence-electron chi connectivity index (χ4n) is 1.44. The quantitative estimate of drug-likeness (QED) is 0.785. The van der Waals surface area contributed by atoms with E-state index in [0.717, 1.165) is 17.3 Å². The van der Waals surface area contributed by atoms with Gasteiger partial charge < -0.3 is 4.90 Å². The first-order valence-corrected chi connectivity index (χ1v) is 5.35. The van der Waals surface area contributed by atoms with E-state index in [1.807, 2.05) is 32.2 Å². The van der Waals surface area contributed by atoms with Gasteiger partial charge in [-0.2, -0.15) is 0 Å². The lowest BCUT2D eigenvalue weighted by atomic mass is 10.2. The van der Waals surface area contributed by atoms with Crippen molar-refractivity contribution in [3.63, 3.8) is 0 Å². The molecular formula is C12H16ClNO. The molecule has 0 amide bonds. The van der Waals surface area contributed by atoms with Crippen molar-refractivity contribution in [3.8, 4) is 0 Å². The van der Waals surface area contributed by atoms with Crippen LogP contribution in [-0.2, 0) is 4.79 Å². The first-order chi connectivity index (χ1) is 7.00. The van der Waals surface area contributed by atoms with Gasteiger partial charge in [0, 0.05) is 30.7 Å². The number of anilines is 1. The summed E-state index contributed by atoms with van der Waals surface area (Å²) in [5.74, 6) is 0.210.